The van der Waals surface area contributed by atoms with Gasteiger partial charge in [0.2, 0.25) is 0 Å². The van der Waals surface area contributed by atoms with Gasteiger partial charge < -0.3 is 11.1 Å². The fraction of sp³-hybridized carbons (Fsp3) is 0. The zero-order valence-electron chi connectivity index (χ0n) is 8.11. The van der Waals surface area contributed by atoms with E-state index in [1.54, 1.807) is 6.20 Å². The fourth-order valence-electron chi connectivity index (χ4n) is 1.16. The maximum Gasteiger partial charge on any atom is 0.157 e. The largest absolute Gasteiger partial charge is 0.394 e. The topological polar surface area (TPSA) is 63.8 Å². The molecule has 0 unspecified atom stereocenters. The highest BCUT2D eigenvalue weighted by Gasteiger charge is 2.04. The molecule has 0 bridgehead atoms. The van der Waals surface area contributed by atoms with E-state index in [1.807, 2.05) is 18.2 Å². The van der Waals surface area contributed by atoms with Crippen molar-refractivity contribution >= 4 is 51.4 Å². The number of rotatable bonds is 2. The molecular formula is C10H8ClIN4. The molecule has 0 aliphatic carbocycles. The highest BCUT2D eigenvalue weighted by Crippen LogP contribution is 2.26. The molecule has 1 aromatic heterocycles. The van der Waals surface area contributed by atoms with E-state index in [4.69, 9.17) is 17.3 Å². The van der Waals surface area contributed by atoms with E-state index in [-0.39, 0.29) is 0 Å². The summed E-state index contributed by atoms with van der Waals surface area (Å²) >= 11 is 8.06. The molecule has 0 fully saturated rings. The second-order valence-electron chi connectivity index (χ2n) is 3.08. The van der Waals surface area contributed by atoms with Gasteiger partial charge in [0, 0.05) is 8.59 Å². The average molecular weight is 347 g/mol. The van der Waals surface area contributed by atoms with Gasteiger partial charge >= 0.3 is 0 Å². The summed E-state index contributed by atoms with van der Waals surface area (Å²) in [5, 5.41) is 3.83. The van der Waals surface area contributed by atoms with Crippen LogP contribution in [0.4, 0.5) is 17.2 Å². The highest BCUT2D eigenvalue weighted by atomic mass is 127. The maximum atomic E-state index is 5.87. The first-order valence-corrected chi connectivity index (χ1v) is 5.90. The van der Waals surface area contributed by atoms with Crippen LogP contribution in [-0.4, -0.2) is 9.97 Å². The molecule has 2 aromatic rings. The SMILES string of the molecule is Nc1cncnc1Nc1ccc(Cl)cc1I. The number of anilines is 3. The molecule has 6 heteroatoms. The van der Waals surface area contributed by atoms with Gasteiger partial charge in [-0.05, 0) is 40.8 Å². The Morgan fingerprint density at radius 1 is 1.38 bits per heavy atom. The van der Waals surface area contributed by atoms with Gasteiger partial charge in [-0.15, -0.1) is 0 Å². The standard InChI is InChI=1S/C10H8ClIN4/c11-6-1-2-9(7(12)3-6)16-10-8(13)4-14-5-15-10/h1-5H,13H2,(H,14,15,16). The van der Waals surface area contributed by atoms with Crippen molar-refractivity contribution < 1.29 is 0 Å². The van der Waals surface area contributed by atoms with Crippen molar-refractivity contribution in [3.05, 3.63) is 39.3 Å². The zero-order chi connectivity index (χ0) is 11.5. The lowest BCUT2D eigenvalue weighted by atomic mass is 10.3. The summed E-state index contributed by atoms with van der Waals surface area (Å²) in [6.07, 6.45) is 3.00. The summed E-state index contributed by atoms with van der Waals surface area (Å²) in [5.74, 6) is 0.593. The van der Waals surface area contributed by atoms with Crippen LogP contribution < -0.4 is 11.1 Å². The molecular weight excluding hydrogens is 338 g/mol. The Balaban J connectivity index is 2.31. The maximum absolute atomic E-state index is 5.87. The third kappa shape index (κ3) is 2.53. The van der Waals surface area contributed by atoms with E-state index >= 15 is 0 Å². The van der Waals surface area contributed by atoms with E-state index in [9.17, 15) is 0 Å². The number of halogens is 2. The molecule has 4 nitrogen and oxygen atoms in total. The number of aromatic nitrogens is 2. The molecule has 0 atom stereocenters. The predicted molar refractivity (Wildman–Crippen MR) is 73.9 cm³/mol. The van der Waals surface area contributed by atoms with Gasteiger partial charge in [0.15, 0.2) is 5.82 Å². The van der Waals surface area contributed by atoms with Crippen LogP contribution in [0.5, 0.6) is 0 Å². The molecule has 1 aromatic carbocycles. The Labute approximate surface area is 111 Å². The van der Waals surface area contributed by atoms with Gasteiger partial charge in [-0.25, -0.2) is 9.97 Å². The Morgan fingerprint density at radius 3 is 2.88 bits per heavy atom. The van der Waals surface area contributed by atoms with Crippen LogP contribution in [0.3, 0.4) is 0 Å². The van der Waals surface area contributed by atoms with Crippen LogP contribution in [0.15, 0.2) is 30.7 Å². The highest BCUT2D eigenvalue weighted by molar-refractivity contribution is 14.1. The molecule has 0 spiro atoms. The lowest BCUT2D eigenvalue weighted by Gasteiger charge is -2.09. The summed E-state index contributed by atoms with van der Waals surface area (Å²) in [7, 11) is 0. The molecule has 0 aliphatic rings. The smallest absolute Gasteiger partial charge is 0.157 e. The lowest BCUT2D eigenvalue weighted by Crippen LogP contribution is -2.00. The normalized spacial score (nSPS) is 10.1. The van der Waals surface area contributed by atoms with Crippen LogP contribution in [-0.2, 0) is 0 Å². The Morgan fingerprint density at radius 2 is 2.19 bits per heavy atom. The van der Waals surface area contributed by atoms with E-state index in [0.717, 1.165) is 9.26 Å². The quantitative estimate of drug-likeness (QED) is 0.820. The molecule has 0 aliphatic heterocycles. The van der Waals surface area contributed by atoms with E-state index < -0.39 is 0 Å². The Hall–Kier alpha value is -1.08. The van der Waals surface area contributed by atoms with Crippen LogP contribution in [0.2, 0.25) is 5.02 Å². The summed E-state index contributed by atoms with van der Waals surface area (Å²) < 4.78 is 1.00. The van der Waals surface area contributed by atoms with Crippen LogP contribution >= 0.6 is 34.2 Å². The van der Waals surface area contributed by atoms with Gasteiger partial charge in [0.25, 0.3) is 0 Å². The number of nitrogens with zero attached hydrogens (tertiary/aromatic N) is 2. The van der Waals surface area contributed by atoms with Gasteiger partial charge in [0.1, 0.15) is 6.33 Å². The fourth-order valence-corrected chi connectivity index (χ4v) is 2.17. The molecule has 0 saturated heterocycles. The average Bonchev–Trinajstić information content (AvgIpc) is 2.25. The molecule has 1 heterocycles. The van der Waals surface area contributed by atoms with E-state index in [2.05, 4.69) is 37.9 Å². The lowest BCUT2D eigenvalue weighted by molar-refractivity contribution is 1.17. The first-order valence-electron chi connectivity index (χ1n) is 4.44. The predicted octanol–water partition coefficient (Wildman–Crippen LogP) is 3.06. The third-order valence-corrected chi connectivity index (χ3v) is 3.05. The van der Waals surface area contributed by atoms with Crippen LogP contribution in [0, 0.1) is 3.57 Å². The number of nitrogens with one attached hydrogen (secondary N) is 1. The van der Waals surface area contributed by atoms with Crippen molar-refractivity contribution in [3.63, 3.8) is 0 Å². The van der Waals surface area contributed by atoms with Crippen molar-refractivity contribution in [3.8, 4) is 0 Å². The molecule has 2 rings (SSSR count). The molecule has 0 radical (unpaired) electrons. The van der Waals surface area contributed by atoms with Crippen molar-refractivity contribution in [2.24, 2.45) is 0 Å². The minimum atomic E-state index is 0.508. The summed E-state index contributed by atoms with van der Waals surface area (Å²) in [4.78, 5) is 7.88. The molecule has 82 valence electrons. The Kier molecular flexibility index (Phi) is 3.45. The van der Waals surface area contributed by atoms with Crippen molar-refractivity contribution in [1.29, 1.82) is 0 Å². The number of hydrogen-bond donors (Lipinski definition) is 2. The van der Waals surface area contributed by atoms with Crippen molar-refractivity contribution in [2.75, 3.05) is 11.1 Å². The first-order chi connectivity index (χ1) is 7.66. The molecule has 16 heavy (non-hydrogen) atoms. The summed E-state index contributed by atoms with van der Waals surface area (Å²) in [6.45, 7) is 0. The van der Waals surface area contributed by atoms with Gasteiger partial charge in [-0.3, -0.25) is 0 Å². The second kappa shape index (κ2) is 4.84. The van der Waals surface area contributed by atoms with Crippen molar-refractivity contribution in [1.82, 2.24) is 9.97 Å². The summed E-state index contributed by atoms with van der Waals surface area (Å²) in [6, 6.07) is 5.55. The molecule has 0 saturated carbocycles. The second-order valence-corrected chi connectivity index (χ2v) is 4.67. The first kappa shape index (κ1) is 11.4. The number of nitrogens with two attached hydrogens (primary N) is 1. The number of benzene rings is 1. The molecule has 0 amide bonds. The van der Waals surface area contributed by atoms with E-state index in [0.29, 0.717) is 16.5 Å². The number of hydrogen-bond acceptors (Lipinski definition) is 4. The van der Waals surface area contributed by atoms with Crippen LogP contribution in [0.25, 0.3) is 0 Å². The van der Waals surface area contributed by atoms with Gasteiger partial charge in [-0.2, -0.15) is 0 Å². The van der Waals surface area contributed by atoms with Crippen LogP contribution in [0.1, 0.15) is 0 Å². The molecule has 3 N–H and O–H groups in total. The van der Waals surface area contributed by atoms with Gasteiger partial charge in [0.05, 0.1) is 17.6 Å². The Bertz CT molecular complexity index is 518. The summed E-state index contributed by atoms with van der Waals surface area (Å²) in [5.41, 5.74) is 7.15. The number of nitrogen functional groups attached to an aromatic ring is 1. The zero-order valence-corrected chi connectivity index (χ0v) is 11.0. The third-order valence-electron chi connectivity index (χ3n) is 1.92. The monoisotopic (exact) mass is 346 g/mol. The van der Waals surface area contributed by atoms with E-state index in [1.165, 1.54) is 6.33 Å². The minimum absolute atomic E-state index is 0.508. The minimum Gasteiger partial charge on any atom is -0.394 e. The van der Waals surface area contributed by atoms with Gasteiger partial charge in [-0.1, -0.05) is 11.6 Å². The van der Waals surface area contributed by atoms with Crippen molar-refractivity contribution in [2.45, 2.75) is 0 Å².